The molecular formula is C8H9F2N. The van der Waals surface area contributed by atoms with Gasteiger partial charge in [0.15, 0.2) is 0 Å². The molecule has 0 saturated carbocycles. The van der Waals surface area contributed by atoms with Crippen LogP contribution in [0.5, 0.6) is 0 Å². The van der Waals surface area contributed by atoms with Gasteiger partial charge < -0.3 is 5.32 Å². The molecule has 0 heterocycles. The number of anilines is 1. The molecule has 0 radical (unpaired) electrons. The summed E-state index contributed by atoms with van der Waals surface area (Å²) in [5.41, 5.74) is 0.764. The van der Waals surface area contributed by atoms with Crippen molar-refractivity contribution in [3.8, 4) is 0 Å². The number of hydrogen-bond donors (Lipinski definition) is 1. The van der Waals surface area contributed by atoms with Crippen molar-refractivity contribution in [2.75, 3.05) is 12.4 Å². The third-order valence-corrected chi connectivity index (χ3v) is 1.43. The highest BCUT2D eigenvalue weighted by Crippen LogP contribution is 2.20. The maximum atomic E-state index is 12.1. The van der Waals surface area contributed by atoms with E-state index < -0.39 is 6.43 Å². The quantitative estimate of drug-likeness (QED) is 0.695. The highest BCUT2D eigenvalue weighted by molar-refractivity contribution is 5.45. The van der Waals surface area contributed by atoms with Gasteiger partial charge in [-0.2, -0.15) is 0 Å². The lowest BCUT2D eigenvalue weighted by Gasteiger charge is -2.02. The topological polar surface area (TPSA) is 12.0 Å². The monoisotopic (exact) mass is 157 g/mol. The maximum Gasteiger partial charge on any atom is 0.263 e. The van der Waals surface area contributed by atoms with E-state index in [-0.39, 0.29) is 5.56 Å². The summed E-state index contributed by atoms with van der Waals surface area (Å²) in [6.45, 7) is 0. The Balaban J connectivity index is 2.91. The van der Waals surface area contributed by atoms with Gasteiger partial charge in [-0.05, 0) is 12.1 Å². The number of nitrogens with one attached hydrogen (secondary N) is 1. The Labute approximate surface area is 64.0 Å². The lowest BCUT2D eigenvalue weighted by Crippen LogP contribution is -1.90. The van der Waals surface area contributed by atoms with Gasteiger partial charge in [-0.25, -0.2) is 8.78 Å². The molecule has 11 heavy (non-hydrogen) atoms. The van der Waals surface area contributed by atoms with Gasteiger partial charge in [-0.3, -0.25) is 0 Å². The molecule has 0 unspecified atom stereocenters. The van der Waals surface area contributed by atoms with Gasteiger partial charge in [0.05, 0.1) is 0 Å². The lowest BCUT2D eigenvalue weighted by molar-refractivity contribution is 0.151. The molecule has 1 rings (SSSR count). The Kier molecular flexibility index (Phi) is 2.41. The second kappa shape index (κ2) is 3.32. The summed E-state index contributed by atoms with van der Waals surface area (Å²) in [6.07, 6.45) is -2.39. The summed E-state index contributed by atoms with van der Waals surface area (Å²) >= 11 is 0. The summed E-state index contributed by atoms with van der Waals surface area (Å²) in [5, 5.41) is 2.79. The summed E-state index contributed by atoms with van der Waals surface area (Å²) in [4.78, 5) is 0. The molecule has 0 atom stereocenters. The van der Waals surface area contributed by atoms with Gasteiger partial charge in [0.2, 0.25) is 0 Å². The minimum absolute atomic E-state index is 0.0526. The van der Waals surface area contributed by atoms with E-state index in [4.69, 9.17) is 0 Å². The molecule has 1 aromatic carbocycles. The molecule has 0 amide bonds. The zero-order valence-corrected chi connectivity index (χ0v) is 6.14. The molecule has 0 fully saturated rings. The van der Waals surface area contributed by atoms with Crippen LogP contribution < -0.4 is 5.32 Å². The first-order valence-corrected chi connectivity index (χ1v) is 3.30. The van der Waals surface area contributed by atoms with E-state index >= 15 is 0 Å². The zero-order valence-electron chi connectivity index (χ0n) is 6.14. The fraction of sp³-hybridized carbons (Fsp3) is 0.250. The minimum atomic E-state index is -2.39. The van der Waals surface area contributed by atoms with Gasteiger partial charge in [0, 0.05) is 18.3 Å². The van der Waals surface area contributed by atoms with Crippen molar-refractivity contribution in [3.63, 3.8) is 0 Å². The fourth-order valence-corrected chi connectivity index (χ4v) is 0.830. The maximum absolute atomic E-state index is 12.1. The van der Waals surface area contributed by atoms with Crippen LogP contribution in [0, 0.1) is 0 Å². The third kappa shape index (κ3) is 1.90. The molecule has 0 saturated heterocycles. The fourth-order valence-electron chi connectivity index (χ4n) is 0.830. The van der Waals surface area contributed by atoms with Crippen LogP contribution in [0.25, 0.3) is 0 Å². The van der Waals surface area contributed by atoms with Gasteiger partial charge in [0.1, 0.15) is 0 Å². The van der Waals surface area contributed by atoms with E-state index in [0.29, 0.717) is 5.69 Å². The van der Waals surface area contributed by atoms with Gasteiger partial charge >= 0.3 is 0 Å². The molecular weight excluding hydrogens is 148 g/mol. The molecule has 1 N–H and O–H groups in total. The Morgan fingerprint density at radius 2 is 2.09 bits per heavy atom. The van der Waals surface area contributed by atoms with Crippen LogP contribution in [0.2, 0.25) is 0 Å². The van der Waals surface area contributed by atoms with Gasteiger partial charge in [-0.1, -0.05) is 12.1 Å². The van der Waals surface area contributed by atoms with Gasteiger partial charge in [-0.15, -0.1) is 0 Å². The normalized spacial score (nSPS) is 10.2. The standard InChI is InChI=1S/C8H9F2N/c1-11-7-4-2-3-6(5-7)8(9)10/h2-5,8,11H,1H3. The van der Waals surface area contributed by atoms with Crippen LogP contribution in [0.1, 0.15) is 12.0 Å². The van der Waals surface area contributed by atoms with Crippen LogP contribution in [0.15, 0.2) is 24.3 Å². The molecule has 0 aliphatic heterocycles. The van der Waals surface area contributed by atoms with Gasteiger partial charge in [0.25, 0.3) is 6.43 Å². The predicted molar refractivity (Wildman–Crippen MR) is 40.9 cm³/mol. The number of benzene rings is 1. The minimum Gasteiger partial charge on any atom is -0.388 e. The van der Waals surface area contributed by atoms with E-state index in [9.17, 15) is 8.78 Å². The first-order valence-electron chi connectivity index (χ1n) is 3.30. The van der Waals surface area contributed by atoms with Crippen molar-refractivity contribution < 1.29 is 8.78 Å². The lowest BCUT2D eigenvalue weighted by atomic mass is 10.2. The first kappa shape index (κ1) is 7.98. The SMILES string of the molecule is CNc1cccc(C(F)F)c1. The number of halogens is 2. The van der Waals surface area contributed by atoms with Crippen LogP contribution in [-0.4, -0.2) is 7.05 Å². The molecule has 0 aliphatic rings. The summed E-state index contributed by atoms with van der Waals surface area (Å²) in [5.74, 6) is 0. The third-order valence-electron chi connectivity index (χ3n) is 1.43. The smallest absolute Gasteiger partial charge is 0.263 e. The number of alkyl halides is 2. The average molecular weight is 157 g/mol. The largest absolute Gasteiger partial charge is 0.388 e. The van der Waals surface area contributed by atoms with Crippen LogP contribution in [0.4, 0.5) is 14.5 Å². The van der Waals surface area contributed by atoms with Crippen molar-refractivity contribution in [1.82, 2.24) is 0 Å². The van der Waals surface area contributed by atoms with Crippen molar-refractivity contribution in [1.29, 1.82) is 0 Å². The molecule has 1 aromatic rings. The molecule has 60 valence electrons. The molecule has 0 spiro atoms. The summed E-state index contributed by atoms with van der Waals surface area (Å²) in [7, 11) is 1.70. The van der Waals surface area contributed by atoms with Crippen LogP contribution >= 0.6 is 0 Å². The van der Waals surface area contributed by atoms with Crippen molar-refractivity contribution in [2.24, 2.45) is 0 Å². The van der Waals surface area contributed by atoms with Crippen LogP contribution in [-0.2, 0) is 0 Å². The second-order valence-corrected chi connectivity index (χ2v) is 2.18. The van der Waals surface area contributed by atoms with E-state index in [1.165, 1.54) is 12.1 Å². The highest BCUT2D eigenvalue weighted by Gasteiger charge is 2.05. The number of rotatable bonds is 2. The van der Waals surface area contributed by atoms with E-state index in [0.717, 1.165) is 0 Å². The Bertz CT molecular complexity index is 235. The summed E-state index contributed by atoms with van der Waals surface area (Å²) < 4.78 is 24.1. The molecule has 1 nitrogen and oxygen atoms in total. The van der Waals surface area contributed by atoms with E-state index in [2.05, 4.69) is 5.32 Å². The van der Waals surface area contributed by atoms with E-state index in [1.54, 1.807) is 19.2 Å². The van der Waals surface area contributed by atoms with Crippen molar-refractivity contribution in [3.05, 3.63) is 29.8 Å². The average Bonchev–Trinajstić information content (AvgIpc) is 2.05. The second-order valence-electron chi connectivity index (χ2n) is 2.18. The molecule has 0 bridgehead atoms. The Morgan fingerprint density at radius 3 is 2.64 bits per heavy atom. The first-order chi connectivity index (χ1) is 5.24. The molecule has 0 aromatic heterocycles. The Hall–Kier alpha value is -1.12. The highest BCUT2D eigenvalue weighted by atomic mass is 19.3. The van der Waals surface area contributed by atoms with Crippen molar-refractivity contribution >= 4 is 5.69 Å². The molecule has 0 aliphatic carbocycles. The molecule has 3 heteroatoms. The zero-order chi connectivity index (χ0) is 8.27. The Morgan fingerprint density at radius 1 is 1.36 bits per heavy atom. The predicted octanol–water partition coefficient (Wildman–Crippen LogP) is 2.67. The van der Waals surface area contributed by atoms with Crippen LogP contribution in [0.3, 0.4) is 0 Å². The van der Waals surface area contributed by atoms with E-state index in [1.807, 2.05) is 0 Å². The van der Waals surface area contributed by atoms with Crippen molar-refractivity contribution in [2.45, 2.75) is 6.43 Å². The number of hydrogen-bond acceptors (Lipinski definition) is 1. The summed E-state index contributed by atoms with van der Waals surface area (Å²) in [6, 6.07) is 6.19.